The minimum Gasteiger partial charge on any atom is -0.463 e. The number of amides is 1. The van der Waals surface area contributed by atoms with Crippen LogP contribution in [0.1, 0.15) is 46.5 Å². The molecule has 2 rings (SSSR count). The van der Waals surface area contributed by atoms with Gasteiger partial charge in [0.15, 0.2) is 0 Å². The molecule has 0 spiro atoms. The standard InChI is InChI=1S/C14H23NO4/c1-4-18-13(17)14(10(2)3)12(16)15-9-7-5-6-8-11(15)19-14/h10-11H,4-9H2,1-3H3/t11-,14+/m1/s1. The van der Waals surface area contributed by atoms with Gasteiger partial charge in [-0.15, -0.1) is 0 Å². The number of rotatable bonds is 3. The second-order valence-electron chi connectivity index (χ2n) is 5.53. The van der Waals surface area contributed by atoms with Crippen molar-refractivity contribution in [2.45, 2.75) is 58.3 Å². The summed E-state index contributed by atoms with van der Waals surface area (Å²) < 4.78 is 11.0. The number of carbonyl (C=O) groups excluding carboxylic acids is 2. The molecule has 2 fully saturated rings. The zero-order valence-corrected chi connectivity index (χ0v) is 12.0. The quantitative estimate of drug-likeness (QED) is 0.578. The summed E-state index contributed by atoms with van der Waals surface area (Å²) in [5.74, 6) is -0.984. The largest absolute Gasteiger partial charge is 0.463 e. The molecular weight excluding hydrogens is 246 g/mol. The average Bonchev–Trinajstić information content (AvgIpc) is 2.53. The molecule has 0 aromatic carbocycles. The van der Waals surface area contributed by atoms with Crippen LogP contribution in [0.3, 0.4) is 0 Å². The molecule has 5 nitrogen and oxygen atoms in total. The fourth-order valence-corrected chi connectivity index (χ4v) is 2.90. The third-order valence-corrected chi connectivity index (χ3v) is 3.99. The van der Waals surface area contributed by atoms with Gasteiger partial charge in [-0.2, -0.15) is 0 Å². The van der Waals surface area contributed by atoms with Crippen molar-refractivity contribution >= 4 is 11.9 Å². The van der Waals surface area contributed by atoms with Crippen LogP contribution in [0.2, 0.25) is 0 Å². The van der Waals surface area contributed by atoms with Gasteiger partial charge < -0.3 is 14.4 Å². The van der Waals surface area contributed by atoms with Gasteiger partial charge in [-0.1, -0.05) is 20.3 Å². The van der Waals surface area contributed by atoms with Crippen LogP contribution in [0.5, 0.6) is 0 Å². The fourth-order valence-electron chi connectivity index (χ4n) is 2.90. The van der Waals surface area contributed by atoms with Crippen LogP contribution in [0.15, 0.2) is 0 Å². The maximum absolute atomic E-state index is 12.7. The van der Waals surface area contributed by atoms with E-state index in [2.05, 4.69) is 0 Å². The number of esters is 1. The number of nitrogens with zero attached hydrogens (tertiary/aromatic N) is 1. The highest BCUT2D eigenvalue weighted by Crippen LogP contribution is 2.38. The number of fused-ring (bicyclic) bond motifs is 1. The van der Waals surface area contributed by atoms with Gasteiger partial charge in [0.25, 0.3) is 5.91 Å². The molecule has 2 aliphatic rings. The lowest BCUT2D eigenvalue weighted by Crippen LogP contribution is -2.52. The lowest BCUT2D eigenvalue weighted by atomic mass is 9.89. The van der Waals surface area contributed by atoms with Crippen molar-refractivity contribution < 1.29 is 19.1 Å². The zero-order valence-electron chi connectivity index (χ0n) is 12.0. The maximum Gasteiger partial charge on any atom is 0.348 e. The number of hydrogen-bond donors (Lipinski definition) is 0. The summed E-state index contributed by atoms with van der Waals surface area (Å²) in [4.78, 5) is 26.7. The number of carbonyl (C=O) groups is 2. The Kier molecular flexibility index (Phi) is 4.13. The molecule has 0 N–H and O–H groups in total. The van der Waals surface area contributed by atoms with E-state index in [4.69, 9.17) is 9.47 Å². The third kappa shape index (κ3) is 2.24. The van der Waals surface area contributed by atoms with Crippen molar-refractivity contribution in [1.82, 2.24) is 4.90 Å². The summed E-state index contributed by atoms with van der Waals surface area (Å²) in [5, 5.41) is 0. The van der Waals surface area contributed by atoms with Crippen LogP contribution in [0.25, 0.3) is 0 Å². The van der Waals surface area contributed by atoms with Gasteiger partial charge in [-0.3, -0.25) is 4.79 Å². The van der Waals surface area contributed by atoms with E-state index in [-0.39, 0.29) is 24.7 Å². The molecule has 5 heteroatoms. The van der Waals surface area contributed by atoms with E-state index >= 15 is 0 Å². The number of ether oxygens (including phenoxy) is 2. The Balaban J connectivity index is 2.30. The van der Waals surface area contributed by atoms with Crippen LogP contribution in [-0.2, 0) is 19.1 Å². The second kappa shape index (κ2) is 5.49. The molecule has 2 heterocycles. The van der Waals surface area contributed by atoms with Gasteiger partial charge in [0, 0.05) is 12.5 Å². The van der Waals surface area contributed by atoms with Crippen molar-refractivity contribution in [3.8, 4) is 0 Å². The summed E-state index contributed by atoms with van der Waals surface area (Å²) >= 11 is 0. The molecule has 2 atom stereocenters. The molecule has 2 aliphatic heterocycles. The normalized spacial score (nSPS) is 31.3. The van der Waals surface area contributed by atoms with Gasteiger partial charge in [0.05, 0.1) is 6.61 Å². The maximum atomic E-state index is 12.7. The summed E-state index contributed by atoms with van der Waals surface area (Å²) in [6, 6.07) is 0. The summed E-state index contributed by atoms with van der Waals surface area (Å²) in [6.07, 6.45) is 3.66. The van der Waals surface area contributed by atoms with Crippen LogP contribution < -0.4 is 0 Å². The van der Waals surface area contributed by atoms with E-state index in [1.807, 2.05) is 13.8 Å². The Hall–Kier alpha value is -1.10. The van der Waals surface area contributed by atoms with E-state index in [1.54, 1.807) is 11.8 Å². The highest BCUT2D eigenvalue weighted by Gasteiger charge is 2.61. The first-order valence-electron chi connectivity index (χ1n) is 7.20. The monoisotopic (exact) mass is 269 g/mol. The van der Waals surface area contributed by atoms with Crippen LogP contribution in [0, 0.1) is 5.92 Å². The Bertz CT molecular complexity index is 368. The molecule has 108 valence electrons. The second-order valence-corrected chi connectivity index (χ2v) is 5.53. The molecule has 0 aromatic rings. The van der Waals surface area contributed by atoms with Gasteiger partial charge in [0.2, 0.25) is 5.60 Å². The van der Waals surface area contributed by atoms with E-state index in [0.29, 0.717) is 6.54 Å². The van der Waals surface area contributed by atoms with Gasteiger partial charge in [-0.05, 0) is 26.2 Å². The molecule has 0 saturated carbocycles. The fraction of sp³-hybridized carbons (Fsp3) is 0.857. The lowest BCUT2D eigenvalue weighted by molar-refractivity contribution is -0.179. The summed E-state index contributed by atoms with van der Waals surface area (Å²) in [7, 11) is 0. The Morgan fingerprint density at radius 1 is 1.47 bits per heavy atom. The minimum absolute atomic E-state index is 0.215. The topological polar surface area (TPSA) is 55.8 Å². The van der Waals surface area contributed by atoms with Crippen molar-refractivity contribution in [2.24, 2.45) is 5.92 Å². The van der Waals surface area contributed by atoms with E-state index in [1.165, 1.54) is 0 Å². The molecule has 19 heavy (non-hydrogen) atoms. The SMILES string of the molecule is CCOC(=O)[C@@]1(C(C)C)O[C@@H]2CCCCCN2C1=O. The number of hydrogen-bond acceptors (Lipinski definition) is 4. The highest BCUT2D eigenvalue weighted by atomic mass is 16.6. The Morgan fingerprint density at radius 3 is 2.84 bits per heavy atom. The van der Waals surface area contributed by atoms with E-state index < -0.39 is 11.6 Å². The zero-order chi connectivity index (χ0) is 14.0. The average molecular weight is 269 g/mol. The van der Waals surface area contributed by atoms with Crippen molar-refractivity contribution in [3.05, 3.63) is 0 Å². The predicted octanol–water partition coefficient (Wildman–Crippen LogP) is 1.70. The van der Waals surface area contributed by atoms with Gasteiger partial charge in [-0.25, -0.2) is 4.79 Å². The lowest BCUT2D eigenvalue weighted by Gasteiger charge is -2.27. The summed E-state index contributed by atoms with van der Waals surface area (Å²) in [6.45, 7) is 6.35. The Morgan fingerprint density at radius 2 is 2.21 bits per heavy atom. The molecule has 0 unspecified atom stereocenters. The van der Waals surface area contributed by atoms with Crippen LogP contribution in [-0.4, -0.2) is 41.8 Å². The molecule has 2 saturated heterocycles. The minimum atomic E-state index is -1.43. The molecule has 0 aliphatic carbocycles. The first kappa shape index (κ1) is 14.3. The van der Waals surface area contributed by atoms with Gasteiger partial charge >= 0.3 is 5.97 Å². The summed E-state index contributed by atoms with van der Waals surface area (Å²) in [5.41, 5.74) is -1.43. The predicted molar refractivity (Wildman–Crippen MR) is 69.3 cm³/mol. The molecule has 1 amide bonds. The first-order chi connectivity index (χ1) is 9.04. The van der Waals surface area contributed by atoms with Gasteiger partial charge in [0.1, 0.15) is 6.23 Å². The van der Waals surface area contributed by atoms with Crippen molar-refractivity contribution in [1.29, 1.82) is 0 Å². The van der Waals surface area contributed by atoms with Crippen LogP contribution in [0.4, 0.5) is 0 Å². The van der Waals surface area contributed by atoms with Crippen LogP contribution >= 0.6 is 0 Å². The van der Waals surface area contributed by atoms with Crippen molar-refractivity contribution in [2.75, 3.05) is 13.2 Å². The van der Waals surface area contributed by atoms with E-state index in [9.17, 15) is 9.59 Å². The van der Waals surface area contributed by atoms with E-state index in [0.717, 1.165) is 25.7 Å². The smallest absolute Gasteiger partial charge is 0.348 e. The highest BCUT2D eigenvalue weighted by molar-refractivity contribution is 6.07. The molecule has 0 bridgehead atoms. The molecule has 0 aromatic heterocycles. The first-order valence-corrected chi connectivity index (χ1v) is 7.20. The third-order valence-electron chi connectivity index (χ3n) is 3.99. The molecular formula is C14H23NO4. The molecule has 0 radical (unpaired) electrons. The Labute approximate surface area is 114 Å². The van der Waals surface area contributed by atoms with Crippen molar-refractivity contribution in [3.63, 3.8) is 0 Å².